The van der Waals surface area contributed by atoms with Crippen LogP contribution in [0.4, 0.5) is 17.6 Å². The Morgan fingerprint density at radius 1 is 1.21 bits per heavy atom. The Kier molecular flexibility index (Phi) is 3.60. The van der Waals surface area contributed by atoms with Gasteiger partial charge in [-0.05, 0) is 37.5 Å². The molecule has 5 heteroatoms. The van der Waals surface area contributed by atoms with E-state index in [1.54, 1.807) is 12.1 Å². The van der Waals surface area contributed by atoms with Gasteiger partial charge < -0.3 is 5.32 Å². The van der Waals surface area contributed by atoms with Gasteiger partial charge in [-0.1, -0.05) is 19.1 Å². The molecule has 0 aliphatic heterocycles. The van der Waals surface area contributed by atoms with Crippen LogP contribution in [0.3, 0.4) is 0 Å². The summed E-state index contributed by atoms with van der Waals surface area (Å²) < 4.78 is 50.9. The molecule has 1 fully saturated rings. The van der Waals surface area contributed by atoms with Gasteiger partial charge in [0.15, 0.2) is 0 Å². The number of hydrogen-bond donors (Lipinski definition) is 1. The highest BCUT2D eigenvalue weighted by Crippen LogP contribution is 2.52. The van der Waals surface area contributed by atoms with Gasteiger partial charge in [0, 0.05) is 12.1 Å². The molecule has 0 saturated heterocycles. The first-order valence-corrected chi connectivity index (χ1v) is 6.29. The molecule has 0 bridgehead atoms. The molecule has 0 radical (unpaired) electrons. The first kappa shape index (κ1) is 14.3. The van der Waals surface area contributed by atoms with E-state index in [9.17, 15) is 17.6 Å². The fraction of sp³-hybridized carbons (Fsp3) is 0.571. The minimum Gasteiger partial charge on any atom is -0.307 e. The summed E-state index contributed by atoms with van der Waals surface area (Å²) in [5, 5.41) is 3.16. The van der Waals surface area contributed by atoms with E-state index < -0.39 is 11.6 Å². The topological polar surface area (TPSA) is 12.0 Å². The molecule has 0 amide bonds. The fourth-order valence-corrected chi connectivity index (χ4v) is 2.58. The minimum absolute atomic E-state index is 0.0802. The van der Waals surface area contributed by atoms with Gasteiger partial charge in [-0.3, -0.25) is 0 Å². The highest BCUT2D eigenvalue weighted by Gasteiger charge is 2.58. The van der Waals surface area contributed by atoms with Crippen LogP contribution in [-0.2, 0) is 0 Å². The number of nitrogens with one attached hydrogen (secondary N) is 1. The lowest BCUT2D eigenvalue weighted by Crippen LogP contribution is -2.54. The summed E-state index contributed by atoms with van der Waals surface area (Å²) in [5.41, 5.74) is -0.685. The van der Waals surface area contributed by atoms with Gasteiger partial charge >= 0.3 is 6.18 Å². The molecule has 0 aromatic heterocycles. The predicted molar refractivity (Wildman–Crippen MR) is 65.1 cm³/mol. The second-order valence-electron chi connectivity index (χ2n) is 5.60. The van der Waals surface area contributed by atoms with Crippen molar-refractivity contribution >= 4 is 0 Å². The van der Waals surface area contributed by atoms with Crippen molar-refractivity contribution in [1.29, 1.82) is 0 Å². The van der Waals surface area contributed by atoms with Gasteiger partial charge in [-0.2, -0.15) is 13.2 Å². The Bertz CT molecular complexity index is 432. The Labute approximate surface area is 110 Å². The van der Waals surface area contributed by atoms with Crippen molar-refractivity contribution in [2.24, 2.45) is 5.41 Å². The van der Waals surface area contributed by atoms with Crippen LogP contribution < -0.4 is 5.32 Å². The molecule has 19 heavy (non-hydrogen) atoms. The Morgan fingerprint density at radius 2 is 1.74 bits per heavy atom. The van der Waals surface area contributed by atoms with Gasteiger partial charge in [0.05, 0.1) is 5.41 Å². The maximum Gasteiger partial charge on any atom is 0.394 e. The maximum atomic E-state index is 12.8. The highest BCUT2D eigenvalue weighted by atomic mass is 19.4. The third-order valence-corrected chi connectivity index (χ3v) is 3.93. The van der Waals surface area contributed by atoms with Crippen LogP contribution in [0.1, 0.15) is 38.3 Å². The minimum atomic E-state index is -4.13. The van der Waals surface area contributed by atoms with Crippen molar-refractivity contribution < 1.29 is 17.6 Å². The maximum absolute atomic E-state index is 12.8. The molecule has 2 rings (SSSR count). The monoisotopic (exact) mass is 275 g/mol. The fourth-order valence-electron chi connectivity index (χ4n) is 2.58. The normalized spacial score (nSPS) is 28.8. The summed E-state index contributed by atoms with van der Waals surface area (Å²) in [6.45, 7) is 3.13. The van der Waals surface area contributed by atoms with E-state index >= 15 is 0 Å². The van der Waals surface area contributed by atoms with Crippen molar-refractivity contribution in [3.63, 3.8) is 0 Å². The number of hydrogen-bond acceptors (Lipinski definition) is 1. The summed E-state index contributed by atoms with van der Waals surface area (Å²) in [5.74, 6) is -0.316. The number of halogens is 4. The van der Waals surface area contributed by atoms with E-state index in [0.717, 1.165) is 5.56 Å². The average Bonchev–Trinajstić information content (AvgIpc) is 2.26. The molecule has 1 N–H and O–H groups in total. The lowest BCUT2D eigenvalue weighted by molar-refractivity contribution is -0.249. The van der Waals surface area contributed by atoms with Gasteiger partial charge in [0.25, 0.3) is 0 Å². The zero-order valence-corrected chi connectivity index (χ0v) is 10.9. The molecule has 1 nitrogen and oxygen atoms in total. The highest BCUT2D eigenvalue weighted by molar-refractivity contribution is 5.19. The van der Waals surface area contributed by atoms with Crippen LogP contribution in [0.2, 0.25) is 0 Å². The van der Waals surface area contributed by atoms with Crippen molar-refractivity contribution in [3.8, 4) is 0 Å². The Morgan fingerprint density at radius 3 is 2.21 bits per heavy atom. The largest absolute Gasteiger partial charge is 0.394 e. The van der Waals surface area contributed by atoms with E-state index in [0.29, 0.717) is 0 Å². The molecule has 0 heterocycles. The van der Waals surface area contributed by atoms with Crippen LogP contribution in [0.15, 0.2) is 24.3 Å². The molecule has 106 valence electrons. The molecule has 1 atom stereocenters. The molecule has 1 aromatic carbocycles. The molecule has 1 aliphatic carbocycles. The molecule has 1 unspecified atom stereocenters. The van der Waals surface area contributed by atoms with Crippen LogP contribution in [0, 0.1) is 11.2 Å². The lowest BCUT2D eigenvalue weighted by atomic mass is 9.66. The van der Waals surface area contributed by atoms with Crippen molar-refractivity contribution in [1.82, 2.24) is 5.32 Å². The van der Waals surface area contributed by atoms with Gasteiger partial charge in [0.1, 0.15) is 5.82 Å². The summed E-state index contributed by atoms with van der Waals surface area (Å²) >= 11 is 0. The van der Waals surface area contributed by atoms with Crippen LogP contribution >= 0.6 is 0 Å². The third kappa shape index (κ3) is 2.91. The quantitative estimate of drug-likeness (QED) is 0.815. The number of alkyl halides is 3. The SMILES string of the molecule is CC(NC1CC(C)(C(F)(F)F)C1)c1ccc(F)cc1. The third-order valence-electron chi connectivity index (χ3n) is 3.93. The zero-order chi connectivity index (χ0) is 14.3. The van der Waals surface area contributed by atoms with E-state index in [4.69, 9.17) is 0 Å². The van der Waals surface area contributed by atoms with Crippen LogP contribution in [0.25, 0.3) is 0 Å². The van der Waals surface area contributed by atoms with E-state index in [1.807, 2.05) is 6.92 Å². The second kappa shape index (κ2) is 4.78. The molecule has 0 spiro atoms. The van der Waals surface area contributed by atoms with Crippen LogP contribution in [-0.4, -0.2) is 12.2 Å². The van der Waals surface area contributed by atoms with Crippen molar-refractivity contribution in [3.05, 3.63) is 35.6 Å². The van der Waals surface area contributed by atoms with Crippen LogP contribution in [0.5, 0.6) is 0 Å². The summed E-state index contributed by atoms with van der Waals surface area (Å²) in [6, 6.07) is 5.79. The molecular weight excluding hydrogens is 258 g/mol. The molecule has 1 saturated carbocycles. The standard InChI is InChI=1S/C14H17F4N/c1-9(10-3-5-11(15)6-4-10)19-12-7-13(2,8-12)14(16,17)18/h3-6,9,12,19H,7-8H2,1-2H3. The summed E-state index contributed by atoms with van der Waals surface area (Å²) in [6.07, 6.45) is -3.94. The molecule has 1 aliphatic rings. The first-order valence-electron chi connectivity index (χ1n) is 6.29. The Balaban J connectivity index is 1.89. The lowest BCUT2D eigenvalue weighted by Gasteiger charge is -2.47. The molecular formula is C14H17F4N. The molecule has 1 aromatic rings. The van der Waals surface area contributed by atoms with Gasteiger partial charge in [0.2, 0.25) is 0 Å². The Hall–Kier alpha value is -1.10. The van der Waals surface area contributed by atoms with E-state index in [2.05, 4.69) is 5.32 Å². The van der Waals surface area contributed by atoms with Crippen molar-refractivity contribution in [2.75, 3.05) is 0 Å². The number of benzene rings is 1. The van der Waals surface area contributed by atoms with E-state index in [-0.39, 0.29) is 30.7 Å². The number of rotatable bonds is 3. The first-order chi connectivity index (χ1) is 8.71. The average molecular weight is 275 g/mol. The van der Waals surface area contributed by atoms with Crippen molar-refractivity contribution in [2.45, 2.75) is 44.9 Å². The van der Waals surface area contributed by atoms with Gasteiger partial charge in [-0.15, -0.1) is 0 Å². The van der Waals surface area contributed by atoms with Gasteiger partial charge in [-0.25, -0.2) is 4.39 Å². The predicted octanol–water partition coefficient (Wildman–Crippen LogP) is 4.21. The summed E-state index contributed by atoms with van der Waals surface area (Å²) in [4.78, 5) is 0. The van der Waals surface area contributed by atoms with E-state index in [1.165, 1.54) is 19.1 Å². The summed E-state index contributed by atoms with van der Waals surface area (Å²) in [7, 11) is 0. The second-order valence-corrected chi connectivity index (χ2v) is 5.60. The zero-order valence-electron chi connectivity index (χ0n) is 10.9. The smallest absolute Gasteiger partial charge is 0.307 e.